The average molecular weight is 133 g/mol. The molecule has 0 aromatic carbocycles. The van der Waals surface area contributed by atoms with E-state index in [1.54, 1.807) is 6.26 Å². The van der Waals surface area contributed by atoms with Gasteiger partial charge in [0.1, 0.15) is 0 Å². The summed E-state index contributed by atoms with van der Waals surface area (Å²) in [6.45, 7) is 0.823. The number of ether oxygens (including phenoxy) is 1. The van der Waals surface area contributed by atoms with E-state index in [9.17, 15) is 0 Å². The van der Waals surface area contributed by atoms with Crippen LogP contribution in [0.15, 0.2) is 30.1 Å². The topological polar surface area (TPSA) is 9.23 Å². The molecule has 0 spiro atoms. The second kappa shape index (κ2) is 2.33. The van der Waals surface area contributed by atoms with Crippen LogP contribution in [-0.4, -0.2) is 6.61 Å². The van der Waals surface area contributed by atoms with E-state index >= 15 is 0 Å². The fraction of sp³-hybridized carbons (Fsp3) is 0.333. The SMILES string of the molecule is [C]1=CC=C2C=COCC2C1. The summed E-state index contributed by atoms with van der Waals surface area (Å²) in [4.78, 5) is 0. The van der Waals surface area contributed by atoms with E-state index < -0.39 is 0 Å². The van der Waals surface area contributed by atoms with Crippen LogP contribution in [0.1, 0.15) is 6.42 Å². The first-order valence-corrected chi connectivity index (χ1v) is 3.52. The van der Waals surface area contributed by atoms with Gasteiger partial charge in [0.2, 0.25) is 0 Å². The van der Waals surface area contributed by atoms with Gasteiger partial charge in [-0.1, -0.05) is 12.2 Å². The Morgan fingerprint density at radius 3 is 3.50 bits per heavy atom. The molecule has 0 saturated heterocycles. The maximum absolute atomic E-state index is 5.16. The Bertz CT molecular complexity index is 211. The second-order valence-electron chi connectivity index (χ2n) is 2.57. The molecule has 1 aliphatic heterocycles. The third kappa shape index (κ3) is 0.878. The summed E-state index contributed by atoms with van der Waals surface area (Å²) >= 11 is 0. The summed E-state index contributed by atoms with van der Waals surface area (Å²) in [5.74, 6) is 0.565. The summed E-state index contributed by atoms with van der Waals surface area (Å²) in [6.07, 6.45) is 12.1. The normalized spacial score (nSPS) is 28.8. The molecule has 0 amide bonds. The predicted molar refractivity (Wildman–Crippen MR) is 39.1 cm³/mol. The summed E-state index contributed by atoms with van der Waals surface area (Å²) in [5.41, 5.74) is 1.38. The van der Waals surface area contributed by atoms with Crippen LogP contribution >= 0.6 is 0 Å². The molecule has 0 saturated carbocycles. The molecule has 0 bridgehead atoms. The average Bonchev–Trinajstić information content (AvgIpc) is 2.05. The molecule has 0 aromatic heterocycles. The summed E-state index contributed by atoms with van der Waals surface area (Å²) < 4.78 is 5.16. The van der Waals surface area contributed by atoms with E-state index in [0.717, 1.165) is 13.0 Å². The lowest BCUT2D eigenvalue weighted by Gasteiger charge is -2.21. The Kier molecular flexibility index (Phi) is 1.35. The molecule has 0 aromatic rings. The van der Waals surface area contributed by atoms with E-state index in [4.69, 9.17) is 4.74 Å². The lowest BCUT2D eigenvalue weighted by molar-refractivity contribution is 0.199. The zero-order valence-electron chi connectivity index (χ0n) is 5.71. The zero-order chi connectivity index (χ0) is 6.81. The first kappa shape index (κ1) is 5.78. The van der Waals surface area contributed by atoms with Crippen LogP contribution in [0.25, 0.3) is 0 Å². The molecule has 1 nitrogen and oxygen atoms in total. The van der Waals surface area contributed by atoms with Gasteiger partial charge in [0, 0.05) is 5.92 Å². The van der Waals surface area contributed by atoms with Crippen molar-refractivity contribution in [2.45, 2.75) is 6.42 Å². The number of fused-ring (bicyclic) bond motifs is 1. The Morgan fingerprint density at radius 2 is 2.60 bits per heavy atom. The van der Waals surface area contributed by atoms with Gasteiger partial charge in [0.25, 0.3) is 0 Å². The summed E-state index contributed by atoms with van der Waals surface area (Å²) in [7, 11) is 0. The number of hydrogen-bond acceptors (Lipinski definition) is 1. The Morgan fingerprint density at radius 1 is 1.60 bits per heavy atom. The summed E-state index contributed by atoms with van der Waals surface area (Å²) in [6, 6.07) is 0. The highest BCUT2D eigenvalue weighted by molar-refractivity contribution is 5.29. The molecule has 2 rings (SSSR count). The predicted octanol–water partition coefficient (Wildman–Crippen LogP) is 1.84. The summed E-state index contributed by atoms with van der Waals surface area (Å²) in [5, 5.41) is 0. The van der Waals surface area contributed by atoms with Gasteiger partial charge in [-0.25, -0.2) is 0 Å². The lowest BCUT2D eigenvalue weighted by Crippen LogP contribution is -2.14. The standard InChI is InChI=1S/C9H9O/c1-2-4-9-7-10-6-5-8(9)3-1/h1,3,5-6,9H,4,7H2. The quantitative estimate of drug-likeness (QED) is 0.490. The van der Waals surface area contributed by atoms with Crippen LogP contribution in [0.2, 0.25) is 0 Å². The first-order valence-electron chi connectivity index (χ1n) is 3.52. The maximum Gasteiger partial charge on any atom is 0.0945 e. The van der Waals surface area contributed by atoms with E-state index in [-0.39, 0.29) is 0 Å². The van der Waals surface area contributed by atoms with Crippen LogP contribution in [-0.2, 0) is 4.74 Å². The highest BCUT2D eigenvalue weighted by atomic mass is 16.5. The van der Waals surface area contributed by atoms with Gasteiger partial charge in [0.05, 0.1) is 12.9 Å². The van der Waals surface area contributed by atoms with Crippen molar-refractivity contribution < 1.29 is 4.74 Å². The fourth-order valence-electron chi connectivity index (χ4n) is 1.26. The molecular formula is C9H9O. The number of hydrogen-bond donors (Lipinski definition) is 0. The van der Waals surface area contributed by atoms with Gasteiger partial charge in [-0.15, -0.1) is 0 Å². The van der Waals surface area contributed by atoms with E-state index in [1.165, 1.54) is 5.57 Å². The van der Waals surface area contributed by atoms with E-state index in [1.807, 2.05) is 12.2 Å². The smallest absolute Gasteiger partial charge is 0.0945 e. The molecule has 1 heterocycles. The second-order valence-corrected chi connectivity index (χ2v) is 2.57. The van der Waals surface area contributed by atoms with Crippen LogP contribution in [0.5, 0.6) is 0 Å². The molecule has 2 aliphatic rings. The lowest BCUT2D eigenvalue weighted by atomic mass is 9.91. The molecule has 10 heavy (non-hydrogen) atoms. The molecule has 0 fully saturated rings. The Balaban J connectivity index is 2.27. The van der Waals surface area contributed by atoms with Crippen LogP contribution in [0, 0.1) is 12.0 Å². The van der Waals surface area contributed by atoms with Crippen molar-refractivity contribution >= 4 is 0 Å². The fourth-order valence-corrected chi connectivity index (χ4v) is 1.26. The molecule has 1 radical (unpaired) electrons. The van der Waals surface area contributed by atoms with Crippen molar-refractivity contribution in [2.24, 2.45) is 5.92 Å². The van der Waals surface area contributed by atoms with E-state index in [0.29, 0.717) is 5.92 Å². The highest BCUT2D eigenvalue weighted by Crippen LogP contribution is 2.24. The van der Waals surface area contributed by atoms with Gasteiger partial charge in [-0.3, -0.25) is 0 Å². The molecular weight excluding hydrogens is 124 g/mol. The Labute approximate surface area is 60.7 Å². The van der Waals surface area contributed by atoms with Crippen molar-refractivity contribution in [3.63, 3.8) is 0 Å². The van der Waals surface area contributed by atoms with Crippen LogP contribution in [0.3, 0.4) is 0 Å². The largest absolute Gasteiger partial charge is 0.501 e. The molecule has 1 aliphatic carbocycles. The molecule has 1 unspecified atom stereocenters. The van der Waals surface area contributed by atoms with Crippen molar-refractivity contribution in [1.29, 1.82) is 0 Å². The minimum absolute atomic E-state index is 0.565. The van der Waals surface area contributed by atoms with Gasteiger partial charge >= 0.3 is 0 Å². The molecule has 1 heteroatoms. The first-order chi connectivity index (χ1) is 4.97. The molecule has 51 valence electrons. The van der Waals surface area contributed by atoms with Gasteiger partial charge in [-0.2, -0.15) is 0 Å². The van der Waals surface area contributed by atoms with Crippen molar-refractivity contribution in [3.8, 4) is 0 Å². The zero-order valence-corrected chi connectivity index (χ0v) is 5.71. The highest BCUT2D eigenvalue weighted by Gasteiger charge is 2.15. The number of rotatable bonds is 0. The molecule has 0 N–H and O–H groups in total. The van der Waals surface area contributed by atoms with Crippen LogP contribution < -0.4 is 0 Å². The van der Waals surface area contributed by atoms with Crippen molar-refractivity contribution in [1.82, 2.24) is 0 Å². The maximum atomic E-state index is 5.16. The minimum Gasteiger partial charge on any atom is -0.501 e. The van der Waals surface area contributed by atoms with E-state index in [2.05, 4.69) is 12.2 Å². The third-order valence-corrected chi connectivity index (χ3v) is 1.88. The third-order valence-electron chi connectivity index (χ3n) is 1.88. The monoisotopic (exact) mass is 133 g/mol. The van der Waals surface area contributed by atoms with Gasteiger partial charge in [-0.05, 0) is 24.1 Å². The number of allylic oxidation sites excluding steroid dienone is 4. The van der Waals surface area contributed by atoms with Crippen LogP contribution in [0.4, 0.5) is 0 Å². The van der Waals surface area contributed by atoms with Gasteiger partial charge in [0.15, 0.2) is 0 Å². The molecule has 1 atom stereocenters. The van der Waals surface area contributed by atoms with Crippen molar-refractivity contribution in [2.75, 3.05) is 6.61 Å². The minimum atomic E-state index is 0.565. The van der Waals surface area contributed by atoms with Gasteiger partial charge < -0.3 is 4.74 Å². The van der Waals surface area contributed by atoms with Crippen molar-refractivity contribution in [3.05, 3.63) is 36.1 Å². The Hall–Kier alpha value is -0.980.